The summed E-state index contributed by atoms with van der Waals surface area (Å²) in [5, 5.41) is 4.30. The third-order valence-electron chi connectivity index (χ3n) is 7.17. The van der Waals surface area contributed by atoms with E-state index in [2.05, 4.69) is 40.3 Å². The molecule has 0 radical (unpaired) electrons. The number of rotatable bonds is 4. The summed E-state index contributed by atoms with van der Waals surface area (Å²) in [4.78, 5) is 0. The minimum absolute atomic E-state index is 0. The molecule has 0 spiro atoms. The first-order valence-corrected chi connectivity index (χ1v) is 16.0. The number of halogens is 6. The predicted molar refractivity (Wildman–Crippen MR) is 189 cm³/mol. The molecule has 0 bridgehead atoms. The molecule has 248 valence electrons. The molecule has 8 heteroatoms. The molecule has 0 atom stereocenters. The fraction of sp³-hybridized carbons (Fsp3) is 0.200. The largest absolute Gasteiger partial charge is 4.00 e. The van der Waals surface area contributed by atoms with Crippen LogP contribution < -0.4 is 0 Å². The number of hydrogen-bond acceptors (Lipinski definition) is 0. The van der Waals surface area contributed by atoms with Crippen molar-refractivity contribution in [1.29, 1.82) is 0 Å². The Hall–Kier alpha value is -3.36. The summed E-state index contributed by atoms with van der Waals surface area (Å²) in [5.41, 5.74) is 2.26. The van der Waals surface area contributed by atoms with Gasteiger partial charge in [-0.05, 0) is 35.4 Å². The van der Waals surface area contributed by atoms with Crippen molar-refractivity contribution in [3.63, 3.8) is 0 Å². The second-order valence-corrected chi connectivity index (χ2v) is 11.5. The Kier molecular flexibility index (Phi) is 15.7. The topological polar surface area (TPSA) is 0 Å². The molecule has 0 N–H and O–H groups in total. The molecule has 0 unspecified atom stereocenters. The van der Waals surface area contributed by atoms with Gasteiger partial charge in [0.2, 0.25) is 0 Å². The maximum Gasteiger partial charge on any atom is 4.00 e. The van der Waals surface area contributed by atoms with Crippen LogP contribution in [-0.2, 0) is 38.2 Å². The van der Waals surface area contributed by atoms with Crippen LogP contribution in [0.25, 0.3) is 43.8 Å². The molecule has 0 nitrogen and oxygen atoms in total. The molecular weight excluding hydrogens is 801 g/mol. The maximum atomic E-state index is 12.5. The van der Waals surface area contributed by atoms with Crippen molar-refractivity contribution in [2.75, 3.05) is 0 Å². The molecule has 0 aliphatic rings. The zero-order valence-corrected chi connectivity index (χ0v) is 32.3. The maximum absolute atomic E-state index is 12.5. The number of alkyl halides is 6. The van der Waals surface area contributed by atoms with Crippen LogP contribution in [0.2, 0.25) is 0 Å². The molecule has 0 saturated carbocycles. The molecule has 0 heterocycles. The first kappa shape index (κ1) is 40.8. The summed E-state index contributed by atoms with van der Waals surface area (Å²) in [7, 11) is 1.36. The molecule has 6 aromatic carbocycles. The van der Waals surface area contributed by atoms with Gasteiger partial charge in [0.1, 0.15) is 0 Å². The van der Waals surface area contributed by atoms with Crippen molar-refractivity contribution in [3.8, 4) is 22.3 Å². The second-order valence-electron chi connectivity index (χ2n) is 11.5. The van der Waals surface area contributed by atoms with Crippen LogP contribution in [0.4, 0.5) is 26.3 Å². The van der Waals surface area contributed by atoms with Crippen molar-refractivity contribution in [2.45, 2.75) is 40.0 Å². The van der Waals surface area contributed by atoms with Gasteiger partial charge in [-0.25, -0.2) is 9.85 Å². The molecule has 6 rings (SSSR count). The van der Waals surface area contributed by atoms with Gasteiger partial charge in [0.15, 0.2) is 0 Å². The Morgan fingerprint density at radius 2 is 0.875 bits per heavy atom. The van der Waals surface area contributed by atoms with E-state index in [4.69, 9.17) is 0 Å². The Bertz CT molecular complexity index is 1670. The third-order valence-corrected chi connectivity index (χ3v) is 7.17. The van der Waals surface area contributed by atoms with Crippen LogP contribution in [0, 0.1) is 18.3 Å². The van der Waals surface area contributed by atoms with Crippen LogP contribution in [0.3, 0.4) is 0 Å². The summed E-state index contributed by atoms with van der Waals surface area (Å²) in [6.45, 7) is 8.83. The van der Waals surface area contributed by atoms with E-state index in [0.717, 1.165) is 79.9 Å². The summed E-state index contributed by atoms with van der Waals surface area (Å²) in [6.07, 6.45) is -1.71. The Morgan fingerprint density at radius 3 is 1.15 bits per heavy atom. The zero-order valence-electron chi connectivity index (χ0n) is 27.3. The van der Waals surface area contributed by atoms with Gasteiger partial charge in [-0.3, -0.25) is 0 Å². The fourth-order valence-electron chi connectivity index (χ4n) is 5.28. The zero-order chi connectivity index (χ0) is 34.8. The van der Waals surface area contributed by atoms with E-state index < -0.39 is 23.5 Å². The third kappa shape index (κ3) is 11.4. The minimum atomic E-state index is -4.29. The van der Waals surface area contributed by atoms with Gasteiger partial charge < -0.3 is 12.6 Å². The standard InChI is InChI=1S/2C16H10F3.C7H15.CH3Si.Hf/c2*17-16(18,19)13-9-7-12(8-10-13)15-6-2-4-11-3-1-5-14(11)15;1-6(2)5-7(3)4;1-2;/h2*1-10H;5-7H,1-4H3;1H,2H2;/q4*-1;+4. The Morgan fingerprint density at radius 1 is 0.542 bits per heavy atom. The SMILES string of the molecule is CC(C)[CH-]C(C)C.FC(F)(F)c1ccc(-c2cccc3[cH-]ccc23)cc1.FC(F)(F)c1ccc(-c2cccc3[cH-]ccc23)cc1.[CH-]=[SiH2].[Hf+4]. The smallest absolute Gasteiger partial charge is 0.533 e. The van der Waals surface area contributed by atoms with Crippen LogP contribution in [0.1, 0.15) is 38.8 Å². The van der Waals surface area contributed by atoms with E-state index in [1.165, 1.54) is 34.1 Å². The minimum Gasteiger partial charge on any atom is -0.533 e. The number of fused-ring (bicyclic) bond motifs is 2. The van der Waals surface area contributed by atoms with E-state index in [1.54, 1.807) is 0 Å². The molecule has 0 aliphatic heterocycles. The molecular formula is C40H38F6HfSi. The van der Waals surface area contributed by atoms with Crippen LogP contribution in [-0.4, -0.2) is 16.0 Å². The monoisotopic (exact) mass is 840 g/mol. The van der Waals surface area contributed by atoms with Crippen molar-refractivity contribution in [2.24, 2.45) is 11.8 Å². The Labute approximate surface area is 301 Å². The van der Waals surface area contributed by atoms with Crippen molar-refractivity contribution >= 4 is 37.6 Å². The van der Waals surface area contributed by atoms with Crippen LogP contribution in [0.5, 0.6) is 0 Å². The van der Waals surface area contributed by atoms with Gasteiger partial charge in [0.25, 0.3) is 0 Å². The molecule has 0 aromatic heterocycles. The van der Waals surface area contributed by atoms with E-state index in [1.807, 2.05) is 72.8 Å². The average molecular weight is 839 g/mol. The summed E-state index contributed by atoms with van der Waals surface area (Å²) >= 11 is 0. The molecule has 6 aromatic rings. The fourth-order valence-corrected chi connectivity index (χ4v) is 5.28. The summed E-state index contributed by atoms with van der Waals surface area (Å²) in [6, 6.07) is 34.0. The van der Waals surface area contributed by atoms with Gasteiger partial charge in [0.05, 0.1) is 11.1 Å². The van der Waals surface area contributed by atoms with Gasteiger partial charge in [-0.1, -0.05) is 75.2 Å². The van der Waals surface area contributed by atoms with Gasteiger partial charge >= 0.3 is 38.2 Å². The van der Waals surface area contributed by atoms with Crippen molar-refractivity contribution < 1.29 is 52.2 Å². The van der Waals surface area contributed by atoms with Gasteiger partial charge in [-0.2, -0.15) is 62.4 Å². The summed E-state index contributed by atoms with van der Waals surface area (Å²) in [5.74, 6) is 1.50. The first-order chi connectivity index (χ1) is 22.2. The molecule has 0 amide bonds. The number of hydrogen-bond donors (Lipinski definition) is 0. The molecule has 48 heavy (non-hydrogen) atoms. The van der Waals surface area contributed by atoms with Gasteiger partial charge in [-0.15, -0.1) is 57.9 Å². The summed E-state index contributed by atoms with van der Waals surface area (Å²) < 4.78 is 75.2. The predicted octanol–water partition coefficient (Wildman–Crippen LogP) is 11.9. The van der Waals surface area contributed by atoms with Crippen LogP contribution in [0.15, 0.2) is 121 Å². The van der Waals surface area contributed by atoms with Crippen LogP contribution >= 0.6 is 0 Å². The van der Waals surface area contributed by atoms with Gasteiger partial charge in [0, 0.05) is 0 Å². The molecule has 0 aliphatic carbocycles. The number of benzene rings is 4. The first-order valence-electron chi connectivity index (χ1n) is 15.1. The quantitative estimate of drug-likeness (QED) is 0.0943. The normalized spacial score (nSPS) is 11.2. The second kappa shape index (κ2) is 18.4. The van der Waals surface area contributed by atoms with E-state index >= 15 is 0 Å². The molecule has 0 saturated heterocycles. The van der Waals surface area contributed by atoms with Crippen molar-refractivity contribution in [1.82, 2.24) is 0 Å². The van der Waals surface area contributed by atoms with E-state index in [0.29, 0.717) is 0 Å². The van der Waals surface area contributed by atoms with E-state index in [-0.39, 0.29) is 25.8 Å². The van der Waals surface area contributed by atoms with Crippen molar-refractivity contribution in [3.05, 3.63) is 139 Å². The average Bonchev–Trinajstić information content (AvgIpc) is 3.71. The molecule has 0 fully saturated rings. The van der Waals surface area contributed by atoms with E-state index in [9.17, 15) is 26.3 Å². The Balaban J connectivity index is 0.000000264.